The van der Waals surface area contributed by atoms with Crippen LogP contribution in [0.15, 0.2) is 57.9 Å². The van der Waals surface area contributed by atoms with E-state index in [2.05, 4.69) is 15.3 Å². The van der Waals surface area contributed by atoms with E-state index in [4.69, 9.17) is 10.2 Å². The molecule has 2 aromatic carbocycles. The van der Waals surface area contributed by atoms with Crippen molar-refractivity contribution in [3.63, 3.8) is 0 Å². The molecular weight excluding hydrogens is 411 g/mol. The van der Waals surface area contributed by atoms with Crippen LogP contribution < -0.4 is 16.7 Å². The van der Waals surface area contributed by atoms with Gasteiger partial charge in [-0.25, -0.2) is 9.18 Å². The van der Waals surface area contributed by atoms with E-state index in [-0.39, 0.29) is 29.2 Å². The zero-order valence-corrected chi connectivity index (χ0v) is 17.8. The summed E-state index contributed by atoms with van der Waals surface area (Å²) >= 11 is 0. The molecule has 0 amide bonds. The molecule has 0 saturated carbocycles. The van der Waals surface area contributed by atoms with E-state index in [1.54, 1.807) is 42.0 Å². The lowest BCUT2D eigenvalue weighted by atomic mass is 10.2. The number of benzene rings is 2. The number of imidazole rings is 1. The summed E-state index contributed by atoms with van der Waals surface area (Å²) in [5, 5.41) is 3.73. The third-order valence-corrected chi connectivity index (χ3v) is 5.32. The van der Waals surface area contributed by atoms with Crippen molar-refractivity contribution in [3.8, 4) is 5.69 Å². The molecular formula is C23H21FN6O2. The van der Waals surface area contributed by atoms with Crippen molar-refractivity contribution >= 4 is 39.6 Å². The van der Waals surface area contributed by atoms with E-state index >= 15 is 0 Å². The van der Waals surface area contributed by atoms with Gasteiger partial charge in [-0.1, -0.05) is 6.07 Å². The zero-order valence-electron chi connectivity index (χ0n) is 17.8. The van der Waals surface area contributed by atoms with Crippen LogP contribution in [0.2, 0.25) is 0 Å². The lowest BCUT2D eigenvalue weighted by Crippen LogP contribution is -2.24. The standard InChI is InChI=1S/C23H21FN6O2/c1-12(2)29-21-19(30(23(29)31)15-5-7-18-14(11-15)8-9-32-18)20(25)27-22(28-21)26-17-6-4-13(3)10-16(17)24/h4-12H,1-3H3,(H3,25,26,27,28). The Morgan fingerprint density at radius 1 is 1.12 bits per heavy atom. The van der Waals surface area contributed by atoms with Crippen molar-refractivity contribution in [2.45, 2.75) is 26.8 Å². The number of halogens is 1. The molecule has 0 aliphatic carbocycles. The van der Waals surface area contributed by atoms with Gasteiger partial charge in [0.15, 0.2) is 11.5 Å². The van der Waals surface area contributed by atoms with Crippen molar-refractivity contribution in [1.29, 1.82) is 0 Å². The second-order valence-electron chi connectivity index (χ2n) is 7.94. The van der Waals surface area contributed by atoms with E-state index in [0.717, 1.165) is 10.9 Å². The smallest absolute Gasteiger partial charge is 0.335 e. The van der Waals surface area contributed by atoms with Gasteiger partial charge in [-0.2, -0.15) is 9.97 Å². The van der Waals surface area contributed by atoms with Gasteiger partial charge in [-0.15, -0.1) is 0 Å². The van der Waals surface area contributed by atoms with Gasteiger partial charge in [-0.3, -0.25) is 9.13 Å². The van der Waals surface area contributed by atoms with Crippen LogP contribution in [0.5, 0.6) is 0 Å². The fourth-order valence-electron chi connectivity index (χ4n) is 3.83. The van der Waals surface area contributed by atoms with Crippen LogP contribution in [-0.2, 0) is 0 Å². The minimum Gasteiger partial charge on any atom is -0.464 e. The Labute approximate surface area is 182 Å². The Bertz CT molecular complexity index is 1550. The molecule has 9 heteroatoms. The van der Waals surface area contributed by atoms with Gasteiger partial charge < -0.3 is 15.5 Å². The Balaban J connectivity index is 1.72. The van der Waals surface area contributed by atoms with E-state index in [0.29, 0.717) is 22.4 Å². The molecule has 0 radical (unpaired) electrons. The molecule has 0 spiro atoms. The largest absolute Gasteiger partial charge is 0.464 e. The lowest BCUT2D eigenvalue weighted by molar-refractivity contribution is 0.586. The molecule has 162 valence electrons. The molecule has 5 rings (SSSR count). The van der Waals surface area contributed by atoms with Crippen LogP contribution >= 0.6 is 0 Å². The Kier molecular flexibility index (Phi) is 4.47. The van der Waals surface area contributed by atoms with Crippen molar-refractivity contribution in [2.75, 3.05) is 11.1 Å². The summed E-state index contributed by atoms with van der Waals surface area (Å²) in [7, 11) is 0. The third-order valence-electron chi connectivity index (χ3n) is 5.32. The number of furan rings is 1. The van der Waals surface area contributed by atoms with Crippen LogP contribution in [0.3, 0.4) is 0 Å². The normalized spacial score (nSPS) is 11.7. The summed E-state index contributed by atoms with van der Waals surface area (Å²) < 4.78 is 22.8. The Hall–Kier alpha value is -4.14. The quantitative estimate of drug-likeness (QED) is 0.427. The number of fused-ring (bicyclic) bond motifs is 2. The van der Waals surface area contributed by atoms with Gasteiger partial charge >= 0.3 is 5.69 Å². The molecule has 32 heavy (non-hydrogen) atoms. The number of aromatic nitrogens is 4. The summed E-state index contributed by atoms with van der Waals surface area (Å²) in [6, 6.07) is 11.8. The van der Waals surface area contributed by atoms with Gasteiger partial charge in [0.25, 0.3) is 0 Å². The number of rotatable bonds is 4. The zero-order chi connectivity index (χ0) is 22.6. The highest BCUT2D eigenvalue weighted by Gasteiger charge is 2.22. The molecule has 3 heterocycles. The average molecular weight is 432 g/mol. The van der Waals surface area contributed by atoms with Crippen LogP contribution in [0.1, 0.15) is 25.5 Å². The van der Waals surface area contributed by atoms with Crippen molar-refractivity contribution in [1.82, 2.24) is 19.1 Å². The highest BCUT2D eigenvalue weighted by molar-refractivity contribution is 5.87. The van der Waals surface area contributed by atoms with E-state index in [1.807, 2.05) is 26.0 Å². The third kappa shape index (κ3) is 3.09. The SMILES string of the molecule is Cc1ccc(Nc2nc(N)c3c(n2)n(C(C)C)c(=O)n3-c2ccc3occc3c2)c(F)c1. The molecule has 0 atom stereocenters. The van der Waals surface area contributed by atoms with Gasteiger partial charge in [0.1, 0.15) is 16.9 Å². The minimum absolute atomic E-state index is 0.105. The summed E-state index contributed by atoms with van der Waals surface area (Å²) in [4.78, 5) is 22.3. The Morgan fingerprint density at radius 2 is 1.94 bits per heavy atom. The number of nitrogens with two attached hydrogens (primary N) is 1. The Morgan fingerprint density at radius 3 is 2.69 bits per heavy atom. The maximum absolute atomic E-state index is 14.3. The van der Waals surface area contributed by atoms with Crippen LogP contribution in [0, 0.1) is 12.7 Å². The average Bonchev–Trinajstić information content (AvgIpc) is 3.31. The van der Waals surface area contributed by atoms with Crippen molar-refractivity contribution in [3.05, 3.63) is 70.6 Å². The van der Waals surface area contributed by atoms with Gasteiger partial charge in [0.2, 0.25) is 5.95 Å². The van der Waals surface area contributed by atoms with E-state index in [1.165, 1.54) is 10.6 Å². The molecule has 3 N–H and O–H groups in total. The summed E-state index contributed by atoms with van der Waals surface area (Å²) in [6.07, 6.45) is 1.59. The second kappa shape index (κ2) is 7.23. The maximum Gasteiger partial charge on any atom is 0.335 e. The van der Waals surface area contributed by atoms with Gasteiger partial charge in [-0.05, 0) is 62.7 Å². The molecule has 8 nitrogen and oxygen atoms in total. The molecule has 5 aromatic rings. The number of anilines is 3. The molecule has 0 aliphatic rings. The highest BCUT2D eigenvalue weighted by atomic mass is 19.1. The predicted molar refractivity (Wildman–Crippen MR) is 122 cm³/mol. The number of aryl methyl sites for hydroxylation is 1. The number of hydrogen-bond donors (Lipinski definition) is 2. The first kappa shape index (κ1) is 19.8. The van der Waals surface area contributed by atoms with Gasteiger partial charge in [0, 0.05) is 11.4 Å². The van der Waals surface area contributed by atoms with E-state index < -0.39 is 5.82 Å². The highest BCUT2D eigenvalue weighted by Crippen LogP contribution is 2.28. The first-order chi connectivity index (χ1) is 15.3. The molecule has 0 bridgehead atoms. The first-order valence-corrected chi connectivity index (χ1v) is 10.1. The molecule has 3 aromatic heterocycles. The molecule has 0 aliphatic heterocycles. The van der Waals surface area contributed by atoms with Crippen molar-refractivity contribution in [2.24, 2.45) is 0 Å². The molecule has 0 saturated heterocycles. The lowest BCUT2D eigenvalue weighted by Gasteiger charge is -2.10. The van der Waals surface area contributed by atoms with Gasteiger partial charge in [0.05, 0.1) is 17.6 Å². The molecule has 0 unspecified atom stereocenters. The van der Waals surface area contributed by atoms with Crippen LogP contribution in [0.4, 0.5) is 21.8 Å². The number of nitrogen functional groups attached to an aromatic ring is 1. The first-order valence-electron chi connectivity index (χ1n) is 10.1. The summed E-state index contributed by atoms with van der Waals surface area (Å²) in [5.74, 6) is -0.220. The van der Waals surface area contributed by atoms with Crippen LogP contribution in [-0.4, -0.2) is 19.1 Å². The fraction of sp³-hybridized carbons (Fsp3) is 0.174. The second-order valence-corrected chi connectivity index (χ2v) is 7.94. The van der Waals surface area contributed by atoms with Crippen LogP contribution in [0.25, 0.3) is 27.8 Å². The number of nitrogens with zero attached hydrogens (tertiary/aromatic N) is 4. The van der Waals surface area contributed by atoms with E-state index in [9.17, 15) is 9.18 Å². The number of hydrogen-bond acceptors (Lipinski definition) is 6. The van der Waals surface area contributed by atoms with Crippen molar-refractivity contribution < 1.29 is 8.81 Å². The maximum atomic E-state index is 14.3. The minimum atomic E-state index is -0.431. The topological polar surface area (TPSA) is 104 Å². The fourth-order valence-corrected chi connectivity index (χ4v) is 3.83. The predicted octanol–water partition coefficient (Wildman–Crippen LogP) is 4.68. The monoisotopic (exact) mass is 432 g/mol. The summed E-state index contributed by atoms with van der Waals surface area (Å²) in [5.41, 5.74) is 9.11. The summed E-state index contributed by atoms with van der Waals surface area (Å²) in [6.45, 7) is 5.57. The molecule has 0 fully saturated rings. The number of nitrogens with one attached hydrogen (secondary N) is 1.